The minimum Gasteiger partial charge on any atom is -0.465 e. The molecule has 8 heteroatoms. The predicted molar refractivity (Wildman–Crippen MR) is 76.2 cm³/mol. The number of ketones is 1. The minimum absolute atomic E-state index is 0.0989. The molecule has 0 bridgehead atoms. The second kappa shape index (κ2) is 5.16. The average molecular weight is 333 g/mol. The first-order valence-corrected chi connectivity index (χ1v) is 8.48. The van der Waals surface area contributed by atoms with Crippen molar-refractivity contribution in [2.24, 2.45) is 0 Å². The summed E-state index contributed by atoms with van der Waals surface area (Å²) in [4.78, 5) is 22.6. The summed E-state index contributed by atoms with van der Waals surface area (Å²) >= 11 is 0.925. The van der Waals surface area contributed by atoms with E-state index in [0.717, 1.165) is 18.4 Å². The lowest BCUT2D eigenvalue weighted by molar-refractivity contribution is 0.0602. The minimum atomic E-state index is -4.11. The van der Waals surface area contributed by atoms with Crippen molar-refractivity contribution < 1.29 is 22.7 Å². The number of thiophene rings is 1. The predicted octanol–water partition coefficient (Wildman–Crippen LogP) is 2.82. The topological polar surface area (TPSA) is 77.5 Å². The third-order valence-corrected chi connectivity index (χ3v) is 5.30. The van der Waals surface area contributed by atoms with Crippen LogP contribution < -0.4 is 0 Å². The zero-order chi connectivity index (χ0) is 15.1. The highest BCUT2D eigenvalue weighted by Gasteiger charge is 2.27. The standard InChI is InChI=1S/C12H9ClO5S2/c1-6(14)7-3-4-8-9(5-7)19-10(12(15)18-2)11(8)20(13,16)17/h3-5H,1-2H3. The molecule has 0 atom stereocenters. The molecule has 0 aliphatic heterocycles. The molecule has 1 aromatic carbocycles. The van der Waals surface area contributed by atoms with Crippen LogP contribution in [0.3, 0.4) is 0 Å². The highest BCUT2D eigenvalue weighted by Crippen LogP contribution is 2.37. The first-order valence-electron chi connectivity index (χ1n) is 5.36. The van der Waals surface area contributed by atoms with E-state index >= 15 is 0 Å². The van der Waals surface area contributed by atoms with Crippen molar-refractivity contribution in [1.82, 2.24) is 0 Å². The molecule has 0 aliphatic carbocycles. The molecular formula is C12H9ClO5S2. The maximum Gasteiger partial charge on any atom is 0.349 e. The number of ether oxygens (including phenoxy) is 1. The number of methoxy groups -OCH3 is 1. The zero-order valence-electron chi connectivity index (χ0n) is 10.5. The fourth-order valence-electron chi connectivity index (χ4n) is 1.76. The van der Waals surface area contributed by atoms with Crippen LogP contribution in [0.15, 0.2) is 23.1 Å². The lowest BCUT2D eigenvalue weighted by Gasteiger charge is -1.99. The summed E-state index contributed by atoms with van der Waals surface area (Å²) in [6, 6.07) is 4.48. The Labute approximate surface area is 123 Å². The Bertz CT molecular complexity index is 820. The van der Waals surface area contributed by atoms with Crippen LogP contribution in [0, 0.1) is 0 Å². The van der Waals surface area contributed by atoms with Gasteiger partial charge in [0.2, 0.25) is 0 Å². The highest BCUT2D eigenvalue weighted by molar-refractivity contribution is 8.14. The van der Waals surface area contributed by atoms with E-state index in [0.29, 0.717) is 15.6 Å². The number of fused-ring (bicyclic) bond motifs is 1. The van der Waals surface area contributed by atoms with Crippen LogP contribution in [-0.4, -0.2) is 27.3 Å². The number of rotatable bonds is 3. The Morgan fingerprint density at radius 2 is 1.95 bits per heavy atom. The molecule has 0 fully saturated rings. The largest absolute Gasteiger partial charge is 0.465 e. The SMILES string of the molecule is COC(=O)c1sc2cc(C(C)=O)ccc2c1S(=O)(=O)Cl. The van der Waals surface area contributed by atoms with Gasteiger partial charge in [0.25, 0.3) is 9.05 Å². The van der Waals surface area contributed by atoms with Gasteiger partial charge in [-0.05, 0) is 13.0 Å². The number of benzene rings is 1. The first-order chi connectivity index (χ1) is 9.25. The van der Waals surface area contributed by atoms with E-state index in [1.54, 1.807) is 0 Å². The Balaban J connectivity index is 2.86. The van der Waals surface area contributed by atoms with Gasteiger partial charge in [0.1, 0.15) is 9.77 Å². The summed E-state index contributed by atoms with van der Waals surface area (Å²) in [7, 11) is 2.43. The van der Waals surface area contributed by atoms with Crippen LogP contribution in [0.2, 0.25) is 0 Å². The molecule has 0 radical (unpaired) electrons. The van der Waals surface area contributed by atoms with E-state index < -0.39 is 15.0 Å². The Kier molecular flexibility index (Phi) is 3.86. The number of Topliss-reactive ketones (excluding diaryl/α,β-unsaturated/α-hetero) is 1. The van der Waals surface area contributed by atoms with Gasteiger partial charge in [-0.1, -0.05) is 12.1 Å². The Hall–Kier alpha value is -1.44. The molecule has 0 aliphatic rings. The van der Waals surface area contributed by atoms with Gasteiger partial charge in [-0.15, -0.1) is 11.3 Å². The lowest BCUT2D eigenvalue weighted by Crippen LogP contribution is -2.03. The van der Waals surface area contributed by atoms with Crippen molar-refractivity contribution in [2.75, 3.05) is 7.11 Å². The fraction of sp³-hybridized carbons (Fsp3) is 0.167. The smallest absolute Gasteiger partial charge is 0.349 e. The van der Waals surface area contributed by atoms with Crippen LogP contribution in [0.25, 0.3) is 10.1 Å². The van der Waals surface area contributed by atoms with Crippen molar-refractivity contribution in [3.05, 3.63) is 28.6 Å². The van der Waals surface area contributed by atoms with Gasteiger partial charge in [-0.3, -0.25) is 4.79 Å². The van der Waals surface area contributed by atoms with E-state index in [9.17, 15) is 18.0 Å². The van der Waals surface area contributed by atoms with Gasteiger partial charge in [0.15, 0.2) is 5.78 Å². The molecule has 0 saturated heterocycles. The van der Waals surface area contributed by atoms with Gasteiger partial charge in [0, 0.05) is 26.3 Å². The monoisotopic (exact) mass is 332 g/mol. The summed E-state index contributed by atoms with van der Waals surface area (Å²) in [5.74, 6) is -0.940. The molecule has 1 heterocycles. The van der Waals surface area contributed by atoms with Crippen molar-refractivity contribution in [3.8, 4) is 0 Å². The summed E-state index contributed by atoms with van der Waals surface area (Å²) in [5.41, 5.74) is 0.425. The number of carbonyl (C=O) groups is 2. The molecule has 106 valence electrons. The molecule has 0 amide bonds. The molecule has 0 N–H and O–H groups in total. The third kappa shape index (κ3) is 2.56. The summed E-state index contributed by atoms with van der Waals surface area (Å²) in [5, 5.41) is 0.301. The number of esters is 1. The lowest BCUT2D eigenvalue weighted by atomic mass is 10.1. The molecule has 5 nitrogen and oxygen atoms in total. The quantitative estimate of drug-likeness (QED) is 0.490. The fourth-order valence-corrected chi connectivity index (χ4v) is 4.70. The summed E-state index contributed by atoms with van der Waals surface area (Å²) in [6.07, 6.45) is 0. The molecule has 2 aromatic rings. The van der Waals surface area contributed by atoms with Gasteiger partial charge in [0.05, 0.1) is 7.11 Å². The number of carbonyl (C=O) groups excluding carboxylic acids is 2. The van der Waals surface area contributed by atoms with Crippen molar-refractivity contribution in [1.29, 1.82) is 0 Å². The Morgan fingerprint density at radius 3 is 2.45 bits per heavy atom. The van der Waals surface area contributed by atoms with Crippen LogP contribution in [0.4, 0.5) is 0 Å². The second-order valence-electron chi connectivity index (χ2n) is 3.96. The average Bonchev–Trinajstić information content (AvgIpc) is 2.75. The summed E-state index contributed by atoms with van der Waals surface area (Å²) < 4.78 is 28.4. The molecule has 2 rings (SSSR count). The maximum absolute atomic E-state index is 11.7. The van der Waals surface area contributed by atoms with Crippen molar-refractivity contribution in [2.45, 2.75) is 11.8 Å². The van der Waals surface area contributed by atoms with Gasteiger partial charge < -0.3 is 4.74 Å². The van der Waals surface area contributed by atoms with Gasteiger partial charge >= 0.3 is 5.97 Å². The van der Waals surface area contributed by atoms with Crippen LogP contribution in [-0.2, 0) is 13.8 Å². The van der Waals surface area contributed by atoms with E-state index in [2.05, 4.69) is 4.74 Å². The van der Waals surface area contributed by atoms with Crippen LogP contribution >= 0.6 is 22.0 Å². The third-order valence-electron chi connectivity index (χ3n) is 2.67. The van der Waals surface area contributed by atoms with Crippen molar-refractivity contribution >= 4 is 52.9 Å². The highest BCUT2D eigenvalue weighted by atomic mass is 35.7. The van der Waals surface area contributed by atoms with Crippen LogP contribution in [0.5, 0.6) is 0 Å². The molecule has 0 saturated carbocycles. The molecule has 0 spiro atoms. The molecule has 0 unspecified atom stereocenters. The van der Waals surface area contributed by atoms with E-state index in [1.807, 2.05) is 0 Å². The van der Waals surface area contributed by atoms with E-state index in [-0.39, 0.29) is 15.6 Å². The van der Waals surface area contributed by atoms with E-state index in [4.69, 9.17) is 10.7 Å². The van der Waals surface area contributed by atoms with Gasteiger partial charge in [-0.2, -0.15) is 0 Å². The Morgan fingerprint density at radius 1 is 1.30 bits per heavy atom. The summed E-state index contributed by atoms with van der Waals surface area (Å²) in [6.45, 7) is 1.40. The first kappa shape index (κ1) is 15.0. The number of hydrogen-bond donors (Lipinski definition) is 0. The molecular weight excluding hydrogens is 324 g/mol. The van der Waals surface area contributed by atoms with Gasteiger partial charge in [-0.25, -0.2) is 13.2 Å². The van der Waals surface area contributed by atoms with Crippen molar-refractivity contribution in [3.63, 3.8) is 0 Å². The molecule has 1 aromatic heterocycles. The number of halogens is 1. The maximum atomic E-state index is 11.7. The number of hydrogen-bond acceptors (Lipinski definition) is 6. The normalized spacial score (nSPS) is 11.6. The van der Waals surface area contributed by atoms with Crippen LogP contribution in [0.1, 0.15) is 27.0 Å². The van der Waals surface area contributed by atoms with E-state index in [1.165, 1.54) is 25.1 Å². The second-order valence-corrected chi connectivity index (χ2v) is 7.51. The molecule has 20 heavy (non-hydrogen) atoms. The zero-order valence-corrected chi connectivity index (χ0v) is 12.9.